The summed E-state index contributed by atoms with van der Waals surface area (Å²) in [7, 11) is 4.06. The molecule has 0 aliphatic carbocycles. The Balaban J connectivity index is 1.79. The summed E-state index contributed by atoms with van der Waals surface area (Å²) in [4.78, 5) is 9.30. The molecule has 0 radical (unpaired) electrons. The molecule has 0 spiro atoms. The quantitative estimate of drug-likeness (QED) is 0.564. The third-order valence-electron chi connectivity index (χ3n) is 4.02. The van der Waals surface area contributed by atoms with Crippen LogP contribution in [0.25, 0.3) is 34.2 Å². The molecule has 0 atom stereocenters. The van der Waals surface area contributed by atoms with Crippen LogP contribution in [0.5, 0.6) is 0 Å². The molecule has 4 heteroatoms. The van der Waals surface area contributed by atoms with Crippen molar-refractivity contribution in [2.24, 2.45) is 14.1 Å². The average Bonchev–Trinajstić information content (AvgIpc) is 3.04. The van der Waals surface area contributed by atoms with Gasteiger partial charge >= 0.3 is 0 Å². The maximum atomic E-state index is 4.65. The minimum atomic E-state index is 0.924. The van der Waals surface area contributed by atoms with Crippen LogP contribution in [0.15, 0.2) is 48.5 Å². The normalized spacial score (nSPS) is 11.9. The highest BCUT2D eigenvalue weighted by molar-refractivity contribution is 5.81. The van der Waals surface area contributed by atoms with Crippen molar-refractivity contribution in [2.45, 2.75) is 0 Å². The van der Waals surface area contributed by atoms with Crippen LogP contribution in [0.3, 0.4) is 0 Å². The average molecular weight is 288 g/mol. The van der Waals surface area contributed by atoms with E-state index in [1.165, 1.54) is 0 Å². The number of nitrogens with zero attached hydrogens (tertiary/aromatic N) is 4. The molecule has 0 unspecified atom stereocenters. The van der Waals surface area contributed by atoms with Crippen LogP contribution in [-0.2, 0) is 14.1 Å². The smallest absolute Gasteiger partial charge is 0.133 e. The fourth-order valence-corrected chi connectivity index (χ4v) is 2.78. The van der Waals surface area contributed by atoms with Crippen LogP contribution >= 0.6 is 0 Å². The topological polar surface area (TPSA) is 35.6 Å². The first-order valence-corrected chi connectivity index (χ1v) is 7.25. The summed E-state index contributed by atoms with van der Waals surface area (Å²) in [5.74, 6) is 1.85. The Bertz CT molecular complexity index is 922. The van der Waals surface area contributed by atoms with Gasteiger partial charge in [0.2, 0.25) is 0 Å². The van der Waals surface area contributed by atoms with Gasteiger partial charge in [-0.1, -0.05) is 24.3 Å². The van der Waals surface area contributed by atoms with Gasteiger partial charge in [0.05, 0.1) is 22.1 Å². The van der Waals surface area contributed by atoms with Gasteiger partial charge in [-0.2, -0.15) is 0 Å². The summed E-state index contributed by atoms with van der Waals surface area (Å²) >= 11 is 0. The van der Waals surface area contributed by atoms with Crippen LogP contribution < -0.4 is 0 Å². The zero-order valence-corrected chi connectivity index (χ0v) is 12.6. The van der Waals surface area contributed by atoms with Gasteiger partial charge < -0.3 is 9.13 Å². The lowest BCUT2D eigenvalue weighted by atomic mass is 10.3. The number of fused-ring (bicyclic) bond motifs is 2. The molecule has 4 rings (SSSR count). The van der Waals surface area contributed by atoms with Gasteiger partial charge in [-0.25, -0.2) is 9.97 Å². The molecule has 0 amide bonds. The van der Waals surface area contributed by atoms with Gasteiger partial charge in [-0.05, 0) is 36.4 Å². The number of benzene rings is 2. The molecular weight excluding hydrogens is 272 g/mol. The Kier molecular flexibility index (Phi) is 2.82. The van der Waals surface area contributed by atoms with E-state index in [2.05, 4.69) is 31.2 Å². The zero-order chi connectivity index (χ0) is 15.1. The number of aryl methyl sites for hydroxylation is 2. The monoisotopic (exact) mass is 288 g/mol. The molecule has 4 nitrogen and oxygen atoms in total. The number of aromatic nitrogens is 4. The summed E-state index contributed by atoms with van der Waals surface area (Å²) in [6, 6.07) is 16.3. The third-order valence-corrected chi connectivity index (χ3v) is 4.02. The van der Waals surface area contributed by atoms with E-state index < -0.39 is 0 Å². The summed E-state index contributed by atoms with van der Waals surface area (Å²) in [5.41, 5.74) is 4.28. The van der Waals surface area contributed by atoms with E-state index in [-0.39, 0.29) is 0 Å². The van der Waals surface area contributed by atoms with Crippen molar-refractivity contribution >= 4 is 34.2 Å². The van der Waals surface area contributed by atoms with Crippen LogP contribution in [0.1, 0.15) is 11.6 Å². The Morgan fingerprint density at radius 2 is 1.09 bits per heavy atom. The Morgan fingerprint density at radius 1 is 0.682 bits per heavy atom. The highest BCUT2D eigenvalue weighted by Crippen LogP contribution is 2.18. The molecule has 0 saturated carbocycles. The van der Waals surface area contributed by atoms with Crippen molar-refractivity contribution in [3.05, 3.63) is 60.2 Å². The van der Waals surface area contributed by atoms with E-state index in [9.17, 15) is 0 Å². The van der Waals surface area contributed by atoms with Gasteiger partial charge in [-0.15, -0.1) is 0 Å². The maximum Gasteiger partial charge on any atom is 0.133 e. The number of imidazole rings is 2. The number of rotatable bonds is 2. The molecule has 2 aromatic heterocycles. The first-order chi connectivity index (χ1) is 10.7. The Morgan fingerprint density at radius 3 is 1.50 bits per heavy atom. The second-order valence-electron chi connectivity index (χ2n) is 5.37. The summed E-state index contributed by atoms with van der Waals surface area (Å²) in [6.45, 7) is 0. The fraction of sp³-hybridized carbons (Fsp3) is 0.111. The molecule has 2 heterocycles. The summed E-state index contributed by atoms with van der Waals surface area (Å²) < 4.78 is 4.18. The second kappa shape index (κ2) is 4.84. The van der Waals surface area contributed by atoms with Gasteiger partial charge in [0, 0.05) is 14.1 Å². The van der Waals surface area contributed by atoms with Crippen molar-refractivity contribution in [1.29, 1.82) is 0 Å². The van der Waals surface area contributed by atoms with Crippen LogP contribution in [-0.4, -0.2) is 19.1 Å². The molecule has 4 aromatic rings. The minimum absolute atomic E-state index is 0.924. The van der Waals surface area contributed by atoms with Crippen molar-refractivity contribution in [1.82, 2.24) is 19.1 Å². The molecule has 0 fully saturated rings. The molecule has 2 aromatic carbocycles. The molecule has 22 heavy (non-hydrogen) atoms. The Labute approximate surface area is 128 Å². The summed E-state index contributed by atoms with van der Waals surface area (Å²) in [6.07, 6.45) is 4.03. The lowest BCUT2D eigenvalue weighted by Gasteiger charge is -1.98. The molecule has 108 valence electrons. The van der Waals surface area contributed by atoms with Crippen molar-refractivity contribution < 1.29 is 0 Å². The molecule has 0 N–H and O–H groups in total. The van der Waals surface area contributed by atoms with Crippen molar-refractivity contribution in [2.75, 3.05) is 0 Å². The number of hydrogen-bond donors (Lipinski definition) is 0. The van der Waals surface area contributed by atoms with Crippen LogP contribution in [0.4, 0.5) is 0 Å². The van der Waals surface area contributed by atoms with E-state index in [1.54, 1.807) is 0 Å². The van der Waals surface area contributed by atoms with Crippen molar-refractivity contribution in [3.63, 3.8) is 0 Å². The van der Waals surface area contributed by atoms with E-state index >= 15 is 0 Å². The largest absolute Gasteiger partial charge is 0.328 e. The van der Waals surface area contributed by atoms with E-state index in [4.69, 9.17) is 0 Å². The van der Waals surface area contributed by atoms with Gasteiger partial charge in [0.1, 0.15) is 11.6 Å². The zero-order valence-electron chi connectivity index (χ0n) is 12.6. The highest BCUT2D eigenvalue weighted by Gasteiger charge is 2.06. The van der Waals surface area contributed by atoms with Gasteiger partial charge in [0.25, 0.3) is 0 Å². The predicted molar refractivity (Wildman–Crippen MR) is 90.4 cm³/mol. The lowest BCUT2D eigenvalue weighted by molar-refractivity contribution is 0.923. The standard InChI is InChI=1S/C18H16N4/c1-21-15-9-5-3-7-13(15)19-17(21)11-12-18-20-14-8-4-6-10-16(14)22(18)2/h3-12H,1-2H3. The summed E-state index contributed by atoms with van der Waals surface area (Å²) in [5, 5.41) is 0. The van der Waals surface area contributed by atoms with Crippen LogP contribution in [0, 0.1) is 0 Å². The van der Waals surface area contributed by atoms with E-state index in [0.717, 1.165) is 33.7 Å². The number of hydrogen-bond acceptors (Lipinski definition) is 2. The maximum absolute atomic E-state index is 4.65. The van der Waals surface area contributed by atoms with Crippen LogP contribution in [0.2, 0.25) is 0 Å². The third kappa shape index (κ3) is 1.92. The second-order valence-corrected chi connectivity index (χ2v) is 5.37. The minimum Gasteiger partial charge on any atom is -0.328 e. The van der Waals surface area contributed by atoms with Gasteiger partial charge in [-0.3, -0.25) is 0 Å². The molecule has 0 aliphatic rings. The van der Waals surface area contributed by atoms with Crippen molar-refractivity contribution in [3.8, 4) is 0 Å². The van der Waals surface area contributed by atoms with E-state index in [1.807, 2.05) is 62.6 Å². The fourth-order valence-electron chi connectivity index (χ4n) is 2.78. The van der Waals surface area contributed by atoms with Gasteiger partial charge in [0.15, 0.2) is 0 Å². The lowest BCUT2D eigenvalue weighted by Crippen LogP contribution is -1.93. The molecular formula is C18H16N4. The Hall–Kier alpha value is -2.88. The first kappa shape index (κ1) is 12.8. The highest BCUT2D eigenvalue weighted by atomic mass is 15.1. The number of para-hydroxylation sites is 4. The van der Waals surface area contributed by atoms with E-state index in [0.29, 0.717) is 0 Å². The molecule has 0 aliphatic heterocycles. The predicted octanol–water partition coefficient (Wildman–Crippen LogP) is 3.63. The first-order valence-electron chi connectivity index (χ1n) is 7.25. The molecule has 0 bridgehead atoms. The SMILES string of the molecule is Cn1c(C=Cc2nc3ccccc3n2C)nc2ccccc21. The molecule has 0 saturated heterocycles.